The fourth-order valence-electron chi connectivity index (χ4n) is 1.83. The Morgan fingerprint density at radius 3 is 1.85 bits per heavy atom. The molecule has 2 heteroatoms. The van der Waals surface area contributed by atoms with Crippen LogP contribution in [0.25, 0.3) is 0 Å². The van der Waals surface area contributed by atoms with Gasteiger partial charge in [0, 0.05) is 0 Å². The molecule has 0 aromatic rings. The Balaban J connectivity index is 4.59. The van der Waals surface area contributed by atoms with Crippen LogP contribution in [0.5, 0.6) is 0 Å². The van der Waals surface area contributed by atoms with E-state index in [-0.39, 0.29) is 0 Å². The molecule has 1 N–H and O–H groups in total. The van der Waals surface area contributed by atoms with E-state index in [1.807, 2.05) is 6.08 Å². The van der Waals surface area contributed by atoms with E-state index in [9.17, 15) is 4.80 Å². The first kappa shape index (κ1) is 12.9. The van der Waals surface area contributed by atoms with Gasteiger partial charge in [-0.05, 0) is 17.1 Å². The van der Waals surface area contributed by atoms with Crippen molar-refractivity contribution in [2.45, 2.75) is 57.7 Å². The number of hydrogen-bond acceptors (Lipinski definition) is 1. The molecular formula is C11H24OSi. The lowest BCUT2D eigenvalue weighted by molar-refractivity contribution is 0.477. The van der Waals surface area contributed by atoms with Crippen LogP contribution >= 0.6 is 0 Å². The van der Waals surface area contributed by atoms with Crippen LogP contribution in [0.3, 0.4) is 0 Å². The van der Waals surface area contributed by atoms with Gasteiger partial charge in [-0.15, -0.1) is 6.58 Å². The van der Waals surface area contributed by atoms with Crippen molar-refractivity contribution >= 4 is 8.32 Å². The molecule has 0 aliphatic rings. The summed E-state index contributed by atoms with van der Waals surface area (Å²) in [6.45, 7) is 12.4. The van der Waals surface area contributed by atoms with Crippen molar-refractivity contribution in [1.29, 1.82) is 0 Å². The summed E-state index contributed by atoms with van der Waals surface area (Å²) in [6.07, 6.45) is 4.06. The second kappa shape index (κ2) is 5.61. The number of hydrogen-bond donors (Lipinski definition) is 1. The van der Waals surface area contributed by atoms with Gasteiger partial charge in [0.15, 0.2) is 8.32 Å². The zero-order valence-corrected chi connectivity index (χ0v) is 10.5. The molecule has 2 atom stereocenters. The Hall–Kier alpha value is -0.0831. The maximum Gasteiger partial charge on any atom is 0.197 e. The Morgan fingerprint density at radius 1 is 1.23 bits per heavy atom. The molecule has 1 nitrogen and oxygen atoms in total. The average Bonchev–Trinajstić information content (AvgIpc) is 2.15. The highest BCUT2D eigenvalue weighted by atomic mass is 28.4. The molecule has 0 aromatic carbocycles. The molecule has 0 aromatic heterocycles. The average molecular weight is 200 g/mol. The Labute approximate surface area is 84.0 Å². The van der Waals surface area contributed by atoms with Crippen molar-refractivity contribution in [1.82, 2.24) is 0 Å². The second-order valence-corrected chi connectivity index (χ2v) is 8.46. The van der Waals surface area contributed by atoms with E-state index < -0.39 is 8.32 Å². The molecule has 0 radical (unpaired) electrons. The zero-order valence-electron chi connectivity index (χ0n) is 9.51. The van der Waals surface area contributed by atoms with Crippen LogP contribution in [0.4, 0.5) is 0 Å². The first-order valence-corrected chi connectivity index (χ1v) is 7.67. The highest BCUT2D eigenvalue weighted by Crippen LogP contribution is 2.37. The van der Waals surface area contributed by atoms with Crippen LogP contribution in [-0.4, -0.2) is 13.1 Å². The monoisotopic (exact) mass is 200 g/mol. The minimum Gasteiger partial charge on any atom is -0.431 e. The summed E-state index contributed by atoms with van der Waals surface area (Å²) < 4.78 is 0. The van der Waals surface area contributed by atoms with Gasteiger partial charge in [0.25, 0.3) is 0 Å². The van der Waals surface area contributed by atoms with Gasteiger partial charge in [0.1, 0.15) is 0 Å². The summed E-state index contributed by atoms with van der Waals surface area (Å²) in [4.78, 5) is 10.6. The van der Waals surface area contributed by atoms with E-state index in [2.05, 4.69) is 34.3 Å². The van der Waals surface area contributed by atoms with E-state index >= 15 is 0 Å². The Morgan fingerprint density at radius 2 is 1.62 bits per heavy atom. The molecule has 0 bridgehead atoms. The molecule has 78 valence electrons. The third kappa shape index (κ3) is 2.95. The van der Waals surface area contributed by atoms with E-state index in [0.717, 1.165) is 18.9 Å². The summed E-state index contributed by atoms with van der Waals surface area (Å²) in [5, 5.41) is 0. The van der Waals surface area contributed by atoms with Crippen molar-refractivity contribution in [3.8, 4) is 0 Å². The quantitative estimate of drug-likeness (QED) is 0.512. The first-order valence-electron chi connectivity index (χ1n) is 5.36. The third-order valence-electron chi connectivity index (χ3n) is 3.40. The van der Waals surface area contributed by atoms with Crippen LogP contribution in [0, 0.1) is 0 Å². The normalized spacial score (nSPS) is 20.4. The third-order valence-corrected chi connectivity index (χ3v) is 8.58. The predicted molar refractivity (Wildman–Crippen MR) is 62.4 cm³/mol. The van der Waals surface area contributed by atoms with Gasteiger partial charge >= 0.3 is 0 Å². The highest BCUT2D eigenvalue weighted by Gasteiger charge is 2.39. The molecule has 0 aliphatic heterocycles. The lowest BCUT2D eigenvalue weighted by Gasteiger charge is -2.35. The lowest BCUT2D eigenvalue weighted by Crippen LogP contribution is -2.42. The van der Waals surface area contributed by atoms with Crippen LogP contribution in [0.15, 0.2) is 12.7 Å². The largest absolute Gasteiger partial charge is 0.431 e. The molecule has 0 saturated carbocycles. The summed E-state index contributed by atoms with van der Waals surface area (Å²) in [6, 6.07) is 0.844. The fraction of sp³-hybridized carbons (Fsp3) is 0.818. The van der Waals surface area contributed by atoms with Gasteiger partial charge in [-0.3, -0.25) is 0 Å². The van der Waals surface area contributed by atoms with Gasteiger partial charge < -0.3 is 4.80 Å². The molecule has 0 saturated heterocycles. The van der Waals surface area contributed by atoms with Crippen molar-refractivity contribution in [2.75, 3.05) is 0 Å². The predicted octanol–water partition coefficient (Wildman–Crippen LogP) is 3.71. The van der Waals surface area contributed by atoms with Gasteiger partial charge in [0.2, 0.25) is 0 Å². The zero-order chi connectivity index (χ0) is 10.5. The number of allylic oxidation sites excluding steroid dienone is 1. The molecule has 13 heavy (non-hydrogen) atoms. The fourth-order valence-corrected chi connectivity index (χ4v) is 5.48. The SMILES string of the molecule is C=CC[Si](O)(C(C)CC)C(C)CC. The van der Waals surface area contributed by atoms with Gasteiger partial charge in [0.05, 0.1) is 0 Å². The summed E-state index contributed by atoms with van der Waals surface area (Å²) in [5.74, 6) is 0. The molecule has 0 amide bonds. The van der Waals surface area contributed by atoms with Gasteiger partial charge in [-0.25, -0.2) is 0 Å². The maximum absolute atomic E-state index is 10.6. The molecule has 0 rings (SSSR count). The second-order valence-electron chi connectivity index (χ2n) is 4.10. The van der Waals surface area contributed by atoms with Crippen LogP contribution in [0.1, 0.15) is 40.5 Å². The first-order chi connectivity index (χ1) is 6.02. The van der Waals surface area contributed by atoms with Crippen molar-refractivity contribution in [3.63, 3.8) is 0 Å². The van der Waals surface area contributed by atoms with Gasteiger partial charge in [-0.2, -0.15) is 0 Å². The van der Waals surface area contributed by atoms with E-state index in [0.29, 0.717) is 11.1 Å². The molecule has 2 unspecified atom stereocenters. The van der Waals surface area contributed by atoms with Crippen LogP contribution in [-0.2, 0) is 0 Å². The minimum absolute atomic E-state index is 0.487. The topological polar surface area (TPSA) is 20.2 Å². The van der Waals surface area contributed by atoms with E-state index in [4.69, 9.17) is 0 Å². The highest BCUT2D eigenvalue weighted by molar-refractivity contribution is 6.75. The summed E-state index contributed by atoms with van der Waals surface area (Å²) in [5.41, 5.74) is 0.973. The minimum atomic E-state index is -2.07. The lowest BCUT2D eigenvalue weighted by atomic mass is 10.3. The smallest absolute Gasteiger partial charge is 0.197 e. The molecule has 0 aliphatic carbocycles. The van der Waals surface area contributed by atoms with Crippen LogP contribution in [0.2, 0.25) is 17.1 Å². The molecule has 0 heterocycles. The molecular weight excluding hydrogens is 176 g/mol. The van der Waals surface area contributed by atoms with Crippen molar-refractivity contribution < 1.29 is 4.80 Å². The molecule has 0 spiro atoms. The van der Waals surface area contributed by atoms with Crippen molar-refractivity contribution in [3.05, 3.63) is 12.7 Å². The molecule has 0 fully saturated rings. The Kier molecular flexibility index (Phi) is 5.57. The van der Waals surface area contributed by atoms with E-state index in [1.54, 1.807) is 0 Å². The summed E-state index contributed by atoms with van der Waals surface area (Å²) >= 11 is 0. The Bertz CT molecular complexity index is 146. The maximum atomic E-state index is 10.6. The standard InChI is InChI=1S/C11H24OSi/c1-6-9-13(12,10(4)7-2)11(5)8-3/h6,10-12H,1,7-9H2,2-5H3. The van der Waals surface area contributed by atoms with Gasteiger partial charge in [-0.1, -0.05) is 46.6 Å². The van der Waals surface area contributed by atoms with Crippen molar-refractivity contribution in [2.24, 2.45) is 0 Å². The summed E-state index contributed by atoms with van der Waals surface area (Å²) in [7, 11) is -2.07. The number of rotatable bonds is 6. The van der Waals surface area contributed by atoms with E-state index in [1.165, 1.54) is 0 Å². The van der Waals surface area contributed by atoms with Crippen LogP contribution < -0.4 is 0 Å².